The number of ether oxygens (including phenoxy) is 1. The summed E-state index contributed by atoms with van der Waals surface area (Å²) in [4.78, 5) is 0. The molecule has 0 spiro atoms. The Labute approximate surface area is 119 Å². The summed E-state index contributed by atoms with van der Waals surface area (Å²) in [7, 11) is 0. The molecule has 0 aliphatic rings. The van der Waals surface area contributed by atoms with Gasteiger partial charge in [-0.2, -0.15) is 5.26 Å². The molecule has 0 aromatic heterocycles. The predicted molar refractivity (Wildman–Crippen MR) is 77.8 cm³/mol. The Morgan fingerprint density at radius 1 is 1.10 bits per heavy atom. The standard InChI is InChI=1S/C17H17NO2/c1-11-4-7-16(12(2)8-11)20-17-9-14(10-18)5-6-15(17)13(3)19/h4-9,13,19H,1-3H3/t13-/m0/s1. The van der Waals surface area contributed by atoms with E-state index in [0.717, 1.165) is 16.9 Å². The normalized spacial score (nSPS) is 11.8. The molecule has 0 radical (unpaired) electrons. The van der Waals surface area contributed by atoms with Crippen LogP contribution in [0.4, 0.5) is 0 Å². The fourth-order valence-electron chi connectivity index (χ4n) is 2.07. The highest BCUT2D eigenvalue weighted by atomic mass is 16.5. The lowest BCUT2D eigenvalue weighted by Gasteiger charge is -2.15. The zero-order chi connectivity index (χ0) is 14.7. The second-order valence-electron chi connectivity index (χ2n) is 4.91. The van der Waals surface area contributed by atoms with Gasteiger partial charge < -0.3 is 9.84 Å². The molecule has 0 saturated carbocycles. The van der Waals surface area contributed by atoms with E-state index in [9.17, 15) is 5.11 Å². The van der Waals surface area contributed by atoms with Crippen LogP contribution in [0.15, 0.2) is 36.4 Å². The van der Waals surface area contributed by atoms with E-state index in [2.05, 4.69) is 6.07 Å². The third kappa shape index (κ3) is 2.98. The topological polar surface area (TPSA) is 53.2 Å². The van der Waals surface area contributed by atoms with Crippen molar-refractivity contribution < 1.29 is 9.84 Å². The molecule has 0 bridgehead atoms. The van der Waals surface area contributed by atoms with Crippen LogP contribution in [0.25, 0.3) is 0 Å². The molecule has 0 saturated heterocycles. The van der Waals surface area contributed by atoms with Crippen molar-refractivity contribution in [1.82, 2.24) is 0 Å². The number of nitrogens with zero attached hydrogens (tertiary/aromatic N) is 1. The predicted octanol–water partition coefficient (Wildman–Crippen LogP) is 4.02. The summed E-state index contributed by atoms with van der Waals surface area (Å²) in [5.41, 5.74) is 3.36. The smallest absolute Gasteiger partial charge is 0.134 e. The molecule has 0 aliphatic heterocycles. The number of aliphatic hydroxyl groups excluding tert-OH is 1. The molecule has 3 heteroatoms. The average Bonchev–Trinajstić information content (AvgIpc) is 2.41. The van der Waals surface area contributed by atoms with E-state index in [1.165, 1.54) is 0 Å². The van der Waals surface area contributed by atoms with Gasteiger partial charge in [-0.1, -0.05) is 23.8 Å². The van der Waals surface area contributed by atoms with Gasteiger partial charge in [0.25, 0.3) is 0 Å². The summed E-state index contributed by atoms with van der Waals surface area (Å²) in [6.45, 7) is 5.67. The van der Waals surface area contributed by atoms with Gasteiger partial charge in [-0.05, 0) is 44.5 Å². The van der Waals surface area contributed by atoms with E-state index in [1.807, 2.05) is 32.0 Å². The number of nitriles is 1. The zero-order valence-electron chi connectivity index (χ0n) is 11.8. The van der Waals surface area contributed by atoms with E-state index in [0.29, 0.717) is 16.9 Å². The molecule has 0 aliphatic carbocycles. The maximum Gasteiger partial charge on any atom is 0.134 e. The van der Waals surface area contributed by atoms with Crippen LogP contribution in [0.3, 0.4) is 0 Å². The number of aliphatic hydroxyl groups is 1. The Morgan fingerprint density at radius 3 is 2.45 bits per heavy atom. The molecule has 2 aromatic carbocycles. The van der Waals surface area contributed by atoms with Crippen molar-refractivity contribution in [3.05, 3.63) is 58.7 Å². The van der Waals surface area contributed by atoms with Crippen LogP contribution >= 0.6 is 0 Å². The summed E-state index contributed by atoms with van der Waals surface area (Å²) in [6, 6.07) is 13.0. The van der Waals surface area contributed by atoms with Crippen molar-refractivity contribution in [2.45, 2.75) is 26.9 Å². The Balaban J connectivity index is 2.43. The van der Waals surface area contributed by atoms with Gasteiger partial charge >= 0.3 is 0 Å². The lowest BCUT2D eigenvalue weighted by atomic mass is 10.1. The van der Waals surface area contributed by atoms with Gasteiger partial charge in [-0.3, -0.25) is 0 Å². The highest BCUT2D eigenvalue weighted by molar-refractivity contribution is 5.47. The fourth-order valence-corrected chi connectivity index (χ4v) is 2.07. The lowest BCUT2D eigenvalue weighted by Crippen LogP contribution is -1.98. The molecule has 3 nitrogen and oxygen atoms in total. The quantitative estimate of drug-likeness (QED) is 0.913. The van der Waals surface area contributed by atoms with Gasteiger partial charge in [0.15, 0.2) is 0 Å². The van der Waals surface area contributed by atoms with Crippen LogP contribution in [0.5, 0.6) is 11.5 Å². The maximum atomic E-state index is 9.80. The zero-order valence-corrected chi connectivity index (χ0v) is 11.8. The third-order valence-electron chi connectivity index (χ3n) is 3.14. The van der Waals surface area contributed by atoms with Gasteiger partial charge in [0.05, 0.1) is 17.7 Å². The average molecular weight is 267 g/mol. The first-order valence-electron chi connectivity index (χ1n) is 6.48. The third-order valence-corrected chi connectivity index (χ3v) is 3.14. The van der Waals surface area contributed by atoms with E-state index in [-0.39, 0.29) is 0 Å². The molecule has 1 atom stereocenters. The van der Waals surface area contributed by atoms with Crippen LogP contribution in [-0.4, -0.2) is 5.11 Å². The number of benzene rings is 2. The molecule has 1 N–H and O–H groups in total. The van der Waals surface area contributed by atoms with Crippen LogP contribution in [0, 0.1) is 25.2 Å². The summed E-state index contributed by atoms with van der Waals surface area (Å²) in [5.74, 6) is 1.25. The minimum Gasteiger partial charge on any atom is -0.457 e. The first-order valence-corrected chi connectivity index (χ1v) is 6.48. The summed E-state index contributed by atoms with van der Waals surface area (Å²) in [5, 5.41) is 18.8. The van der Waals surface area contributed by atoms with Crippen molar-refractivity contribution in [3.63, 3.8) is 0 Å². The Kier molecular flexibility index (Phi) is 4.07. The molecular formula is C17H17NO2. The molecule has 0 fully saturated rings. The van der Waals surface area contributed by atoms with Gasteiger partial charge in [-0.25, -0.2) is 0 Å². The Morgan fingerprint density at radius 2 is 1.85 bits per heavy atom. The summed E-state index contributed by atoms with van der Waals surface area (Å²) in [6.07, 6.45) is -0.650. The number of hydrogen-bond acceptors (Lipinski definition) is 3. The highest BCUT2D eigenvalue weighted by Gasteiger charge is 2.12. The summed E-state index contributed by atoms with van der Waals surface area (Å²) >= 11 is 0. The molecule has 102 valence electrons. The second kappa shape index (κ2) is 5.77. The highest BCUT2D eigenvalue weighted by Crippen LogP contribution is 2.32. The van der Waals surface area contributed by atoms with Gasteiger partial charge in [0, 0.05) is 5.56 Å². The Bertz CT molecular complexity index is 669. The molecule has 20 heavy (non-hydrogen) atoms. The SMILES string of the molecule is Cc1ccc(Oc2cc(C#N)ccc2[C@H](C)O)c(C)c1. The van der Waals surface area contributed by atoms with Crippen LogP contribution < -0.4 is 4.74 Å². The van der Waals surface area contributed by atoms with E-state index in [1.54, 1.807) is 25.1 Å². The minimum absolute atomic E-state index is 0.508. The van der Waals surface area contributed by atoms with Gasteiger partial charge in [0.2, 0.25) is 0 Å². The molecule has 2 aromatic rings. The molecule has 0 unspecified atom stereocenters. The molecule has 0 amide bonds. The number of hydrogen-bond donors (Lipinski definition) is 1. The van der Waals surface area contributed by atoms with Crippen LogP contribution in [0.1, 0.15) is 35.3 Å². The van der Waals surface area contributed by atoms with Crippen molar-refractivity contribution in [3.8, 4) is 17.6 Å². The maximum absolute atomic E-state index is 9.80. The van der Waals surface area contributed by atoms with Crippen molar-refractivity contribution >= 4 is 0 Å². The fraction of sp³-hybridized carbons (Fsp3) is 0.235. The van der Waals surface area contributed by atoms with Crippen molar-refractivity contribution in [1.29, 1.82) is 5.26 Å². The lowest BCUT2D eigenvalue weighted by molar-refractivity contribution is 0.195. The first-order chi connectivity index (χ1) is 9.51. The minimum atomic E-state index is -0.650. The van der Waals surface area contributed by atoms with E-state index in [4.69, 9.17) is 10.00 Å². The number of aryl methyl sites for hydroxylation is 2. The largest absolute Gasteiger partial charge is 0.457 e. The first kappa shape index (κ1) is 14.1. The Hall–Kier alpha value is -2.31. The summed E-state index contributed by atoms with van der Waals surface area (Å²) < 4.78 is 5.89. The number of rotatable bonds is 3. The second-order valence-corrected chi connectivity index (χ2v) is 4.91. The monoisotopic (exact) mass is 267 g/mol. The molecule has 2 rings (SSSR count). The van der Waals surface area contributed by atoms with Crippen LogP contribution in [-0.2, 0) is 0 Å². The van der Waals surface area contributed by atoms with Crippen molar-refractivity contribution in [2.75, 3.05) is 0 Å². The van der Waals surface area contributed by atoms with E-state index < -0.39 is 6.10 Å². The van der Waals surface area contributed by atoms with E-state index >= 15 is 0 Å². The van der Waals surface area contributed by atoms with Crippen LogP contribution in [0.2, 0.25) is 0 Å². The van der Waals surface area contributed by atoms with Gasteiger partial charge in [0.1, 0.15) is 11.5 Å². The van der Waals surface area contributed by atoms with Gasteiger partial charge in [-0.15, -0.1) is 0 Å². The molecular weight excluding hydrogens is 250 g/mol. The van der Waals surface area contributed by atoms with Crippen molar-refractivity contribution in [2.24, 2.45) is 0 Å². The molecule has 0 heterocycles.